The quantitative estimate of drug-likeness (QED) is 0.582. The molecule has 0 heterocycles. The fraction of sp³-hybridized carbons (Fsp3) is 0.333. The molecular formula is C6H4N2O4. The maximum atomic E-state index is 10.2. The number of carboxylic acids is 2. The van der Waals surface area contributed by atoms with Gasteiger partial charge < -0.3 is 10.2 Å². The fourth-order valence-corrected chi connectivity index (χ4v) is 0.545. The molecule has 6 heteroatoms. The Hall–Kier alpha value is -2.08. The van der Waals surface area contributed by atoms with Crippen molar-refractivity contribution >= 4 is 11.9 Å². The average molecular weight is 168 g/mol. The molecule has 0 saturated carbocycles. The Morgan fingerprint density at radius 3 is 1.33 bits per heavy atom. The van der Waals surface area contributed by atoms with Crippen LogP contribution in [-0.2, 0) is 9.59 Å². The summed E-state index contributed by atoms with van der Waals surface area (Å²) in [7, 11) is 0. The number of carboxylic acid groups (broad SMARTS) is 2. The topological polar surface area (TPSA) is 122 Å². The van der Waals surface area contributed by atoms with Crippen LogP contribution < -0.4 is 0 Å². The van der Waals surface area contributed by atoms with E-state index in [0.29, 0.717) is 0 Å². The van der Waals surface area contributed by atoms with Gasteiger partial charge in [-0.05, 0) is 0 Å². The van der Waals surface area contributed by atoms with Crippen LogP contribution in [0.15, 0.2) is 0 Å². The highest BCUT2D eigenvalue weighted by atomic mass is 16.4. The lowest BCUT2D eigenvalue weighted by Gasteiger charge is -2.04. The summed E-state index contributed by atoms with van der Waals surface area (Å²) in [6, 6.07) is 2.46. The molecule has 12 heavy (non-hydrogen) atoms. The predicted octanol–water partition coefficient (Wildman–Crippen LogP) is -0.565. The Morgan fingerprint density at radius 2 is 1.25 bits per heavy atom. The van der Waals surface area contributed by atoms with Gasteiger partial charge >= 0.3 is 11.9 Å². The molecule has 2 atom stereocenters. The van der Waals surface area contributed by atoms with E-state index in [9.17, 15) is 9.59 Å². The van der Waals surface area contributed by atoms with Crippen LogP contribution in [0.4, 0.5) is 0 Å². The monoisotopic (exact) mass is 168 g/mol. The lowest BCUT2D eigenvalue weighted by Crippen LogP contribution is -2.27. The van der Waals surface area contributed by atoms with Crippen molar-refractivity contribution in [3.63, 3.8) is 0 Å². The van der Waals surface area contributed by atoms with Crippen LogP contribution in [0.5, 0.6) is 0 Å². The minimum atomic E-state index is -1.81. The van der Waals surface area contributed by atoms with E-state index in [0.717, 1.165) is 0 Å². The number of carbonyl (C=O) groups is 2. The molecule has 0 saturated heterocycles. The van der Waals surface area contributed by atoms with Crippen molar-refractivity contribution in [1.82, 2.24) is 0 Å². The van der Waals surface area contributed by atoms with Gasteiger partial charge in [0.25, 0.3) is 0 Å². The third kappa shape index (κ3) is 1.96. The minimum absolute atomic E-state index is 1.23. The highest BCUT2D eigenvalue weighted by molar-refractivity contribution is 5.83. The van der Waals surface area contributed by atoms with Gasteiger partial charge in [-0.25, -0.2) is 0 Å². The summed E-state index contributed by atoms with van der Waals surface area (Å²) in [5.41, 5.74) is 0. The van der Waals surface area contributed by atoms with Crippen molar-refractivity contribution in [2.75, 3.05) is 0 Å². The normalized spacial score (nSPS) is 13.5. The zero-order valence-electron chi connectivity index (χ0n) is 5.76. The highest BCUT2D eigenvalue weighted by Gasteiger charge is 2.33. The van der Waals surface area contributed by atoms with Crippen molar-refractivity contribution in [3.8, 4) is 12.1 Å². The Morgan fingerprint density at radius 1 is 1.00 bits per heavy atom. The second kappa shape index (κ2) is 3.94. The molecule has 0 aromatic rings. The van der Waals surface area contributed by atoms with E-state index in [4.69, 9.17) is 20.7 Å². The standard InChI is InChI=1S/C6H4N2O4/c7-1-3(5(9)10)4(2-8)6(11)12/h3-4H,(H,9,10)(H,11,12). The zero-order valence-corrected chi connectivity index (χ0v) is 5.76. The number of hydrogen-bond donors (Lipinski definition) is 2. The van der Waals surface area contributed by atoms with Crippen LogP contribution in [-0.4, -0.2) is 22.2 Å². The molecule has 0 fully saturated rings. The largest absolute Gasteiger partial charge is 0.480 e. The van der Waals surface area contributed by atoms with E-state index in [1.165, 1.54) is 12.1 Å². The summed E-state index contributed by atoms with van der Waals surface area (Å²) >= 11 is 0. The third-order valence-corrected chi connectivity index (χ3v) is 1.14. The van der Waals surface area contributed by atoms with Crippen molar-refractivity contribution in [2.45, 2.75) is 0 Å². The number of aliphatic carboxylic acids is 2. The molecule has 2 N–H and O–H groups in total. The van der Waals surface area contributed by atoms with Crippen LogP contribution in [0, 0.1) is 34.5 Å². The molecular weight excluding hydrogens is 164 g/mol. The molecule has 0 aromatic heterocycles. The lowest BCUT2D eigenvalue weighted by molar-refractivity contribution is -0.149. The second-order valence-electron chi connectivity index (χ2n) is 1.89. The van der Waals surface area contributed by atoms with Gasteiger partial charge in [-0.1, -0.05) is 0 Å². The molecule has 0 aromatic carbocycles. The maximum Gasteiger partial charge on any atom is 0.322 e. The van der Waals surface area contributed by atoms with Gasteiger partial charge in [0.2, 0.25) is 0 Å². The Labute approximate surface area is 67.3 Å². The molecule has 6 nitrogen and oxygen atoms in total. The van der Waals surface area contributed by atoms with Crippen LogP contribution in [0.1, 0.15) is 0 Å². The van der Waals surface area contributed by atoms with Gasteiger partial charge in [-0.3, -0.25) is 9.59 Å². The summed E-state index contributed by atoms with van der Waals surface area (Å²) in [4.78, 5) is 20.4. The van der Waals surface area contributed by atoms with Crippen LogP contribution in [0.25, 0.3) is 0 Å². The van der Waals surface area contributed by atoms with Crippen molar-refractivity contribution in [2.24, 2.45) is 11.8 Å². The van der Waals surface area contributed by atoms with E-state index >= 15 is 0 Å². The Kier molecular flexibility index (Phi) is 3.26. The second-order valence-corrected chi connectivity index (χ2v) is 1.89. The first-order valence-electron chi connectivity index (χ1n) is 2.79. The van der Waals surface area contributed by atoms with Gasteiger partial charge in [0, 0.05) is 0 Å². The fourth-order valence-electron chi connectivity index (χ4n) is 0.545. The van der Waals surface area contributed by atoms with Gasteiger partial charge in [-0.2, -0.15) is 10.5 Å². The van der Waals surface area contributed by atoms with Gasteiger partial charge in [0.05, 0.1) is 12.1 Å². The maximum absolute atomic E-state index is 10.2. The smallest absolute Gasteiger partial charge is 0.322 e. The van der Waals surface area contributed by atoms with Crippen LogP contribution >= 0.6 is 0 Å². The zero-order chi connectivity index (χ0) is 9.72. The first kappa shape index (κ1) is 9.92. The molecule has 0 rings (SSSR count). The van der Waals surface area contributed by atoms with Crippen LogP contribution in [0.2, 0.25) is 0 Å². The number of nitrogens with zero attached hydrogens (tertiary/aromatic N) is 2. The number of rotatable bonds is 3. The van der Waals surface area contributed by atoms with E-state index in [1.807, 2.05) is 0 Å². The van der Waals surface area contributed by atoms with Crippen molar-refractivity contribution in [1.29, 1.82) is 10.5 Å². The van der Waals surface area contributed by atoms with Gasteiger partial charge in [0.15, 0.2) is 11.8 Å². The average Bonchev–Trinajstić information content (AvgIpc) is 1.98. The molecule has 0 aliphatic heterocycles. The summed E-state index contributed by atoms with van der Waals surface area (Å²) in [5, 5.41) is 33.0. The molecule has 0 spiro atoms. The minimum Gasteiger partial charge on any atom is -0.480 e. The van der Waals surface area contributed by atoms with E-state index in [1.54, 1.807) is 0 Å². The van der Waals surface area contributed by atoms with E-state index in [2.05, 4.69) is 0 Å². The summed E-state index contributed by atoms with van der Waals surface area (Å²) in [6.45, 7) is 0. The summed E-state index contributed by atoms with van der Waals surface area (Å²) in [6.07, 6.45) is 0. The molecule has 0 bridgehead atoms. The molecule has 62 valence electrons. The molecule has 0 aliphatic rings. The van der Waals surface area contributed by atoms with E-state index in [-0.39, 0.29) is 0 Å². The van der Waals surface area contributed by atoms with Crippen molar-refractivity contribution < 1.29 is 19.8 Å². The highest BCUT2D eigenvalue weighted by Crippen LogP contribution is 2.10. The number of nitriles is 2. The third-order valence-electron chi connectivity index (χ3n) is 1.14. The Bertz CT molecular complexity index is 255. The summed E-state index contributed by atoms with van der Waals surface area (Å²) in [5.74, 6) is -6.84. The molecule has 2 unspecified atom stereocenters. The molecule has 0 aliphatic carbocycles. The van der Waals surface area contributed by atoms with E-state index < -0.39 is 23.8 Å². The van der Waals surface area contributed by atoms with Crippen LogP contribution in [0.3, 0.4) is 0 Å². The van der Waals surface area contributed by atoms with Crippen molar-refractivity contribution in [3.05, 3.63) is 0 Å². The lowest BCUT2D eigenvalue weighted by atomic mass is 9.95. The van der Waals surface area contributed by atoms with Gasteiger partial charge in [0.1, 0.15) is 0 Å². The van der Waals surface area contributed by atoms with Gasteiger partial charge in [-0.15, -0.1) is 0 Å². The summed E-state index contributed by atoms with van der Waals surface area (Å²) < 4.78 is 0. The predicted molar refractivity (Wildman–Crippen MR) is 33.5 cm³/mol. The molecule has 0 amide bonds. The number of hydrogen-bond acceptors (Lipinski definition) is 4. The first-order valence-corrected chi connectivity index (χ1v) is 2.79. The Balaban J connectivity index is 4.74. The molecule has 0 radical (unpaired) electrons. The first-order chi connectivity index (χ1) is 5.54. The SMILES string of the molecule is N#CC(C(=O)O)C(C#N)C(=O)O.